The first-order valence-electron chi connectivity index (χ1n) is 7.03. The van der Waals surface area contributed by atoms with Gasteiger partial charge in [-0.25, -0.2) is 4.79 Å². The van der Waals surface area contributed by atoms with E-state index in [1.807, 2.05) is 32.0 Å². The maximum atomic E-state index is 12.0. The molecule has 8 heteroatoms. The van der Waals surface area contributed by atoms with Gasteiger partial charge in [0, 0.05) is 0 Å². The lowest BCUT2D eigenvalue weighted by Crippen LogP contribution is -2.30. The summed E-state index contributed by atoms with van der Waals surface area (Å²) in [4.78, 5) is 12.0. The summed E-state index contributed by atoms with van der Waals surface area (Å²) in [6.45, 7) is 7.50. The van der Waals surface area contributed by atoms with Crippen LogP contribution in [0.2, 0.25) is 0 Å². The van der Waals surface area contributed by atoms with Gasteiger partial charge in [-0.1, -0.05) is 17.7 Å². The molecular formula is C15H21N5O2S. The number of hydrazone groups is 2. The van der Waals surface area contributed by atoms with Crippen molar-refractivity contribution < 1.29 is 9.53 Å². The second-order valence-corrected chi connectivity index (χ2v) is 5.22. The highest BCUT2D eigenvalue weighted by molar-refractivity contribution is 7.80. The Bertz CT molecular complexity index is 655. The van der Waals surface area contributed by atoms with Crippen LogP contribution in [0.5, 0.6) is 0 Å². The van der Waals surface area contributed by atoms with Gasteiger partial charge in [-0.05, 0) is 51.5 Å². The van der Waals surface area contributed by atoms with E-state index in [4.69, 9.17) is 10.5 Å². The molecule has 0 aliphatic rings. The van der Waals surface area contributed by atoms with Crippen molar-refractivity contribution in [1.82, 2.24) is 5.43 Å². The molecule has 23 heavy (non-hydrogen) atoms. The quantitative estimate of drug-likeness (QED) is 0.317. The fourth-order valence-electron chi connectivity index (χ4n) is 1.72. The molecule has 0 bridgehead atoms. The first-order valence-corrected chi connectivity index (χ1v) is 7.44. The van der Waals surface area contributed by atoms with Crippen LogP contribution in [0.4, 0.5) is 5.69 Å². The van der Waals surface area contributed by atoms with Crippen LogP contribution in [0.1, 0.15) is 25.0 Å². The molecule has 7 nitrogen and oxygen atoms in total. The number of carbonyl (C=O) groups excluding carboxylic acids is 1. The molecule has 1 aromatic carbocycles. The van der Waals surface area contributed by atoms with Gasteiger partial charge in [0.05, 0.1) is 18.0 Å². The Hall–Kier alpha value is -2.48. The summed E-state index contributed by atoms with van der Waals surface area (Å²) >= 11 is 4.68. The number of nitrogens with two attached hydrogens (primary N) is 1. The zero-order valence-corrected chi connectivity index (χ0v) is 14.5. The number of hydrogen-bond donors (Lipinski definition) is 3. The van der Waals surface area contributed by atoms with Gasteiger partial charge in [-0.2, -0.15) is 10.2 Å². The molecular weight excluding hydrogens is 314 g/mol. The zero-order valence-electron chi connectivity index (χ0n) is 13.6. The monoisotopic (exact) mass is 335 g/mol. The van der Waals surface area contributed by atoms with E-state index < -0.39 is 5.97 Å². The highest BCUT2D eigenvalue weighted by Gasteiger charge is 2.17. The van der Waals surface area contributed by atoms with E-state index in [2.05, 4.69) is 33.3 Å². The maximum absolute atomic E-state index is 12.0. The average Bonchev–Trinajstić information content (AvgIpc) is 2.47. The highest BCUT2D eigenvalue weighted by Crippen LogP contribution is 2.15. The summed E-state index contributed by atoms with van der Waals surface area (Å²) < 4.78 is 4.99. The van der Waals surface area contributed by atoms with Crippen LogP contribution >= 0.6 is 12.2 Å². The number of esters is 1. The van der Waals surface area contributed by atoms with Gasteiger partial charge in [0.1, 0.15) is 0 Å². The summed E-state index contributed by atoms with van der Waals surface area (Å²) in [5.41, 5.74) is 13.9. The lowest BCUT2D eigenvalue weighted by Gasteiger charge is -2.09. The molecule has 0 fully saturated rings. The summed E-state index contributed by atoms with van der Waals surface area (Å²) in [5.74, 6) is -0.587. The first-order chi connectivity index (χ1) is 10.8. The predicted octanol–water partition coefficient (Wildman–Crippen LogP) is 1.84. The maximum Gasteiger partial charge on any atom is 0.360 e. The van der Waals surface area contributed by atoms with Crippen LogP contribution in [-0.2, 0) is 9.53 Å². The number of nitrogens with zero attached hydrogens (tertiary/aromatic N) is 2. The fraction of sp³-hybridized carbons (Fsp3) is 0.333. The second kappa shape index (κ2) is 8.84. The Morgan fingerprint density at radius 1 is 1.35 bits per heavy atom. The van der Waals surface area contributed by atoms with Crippen LogP contribution in [0, 0.1) is 13.8 Å². The van der Waals surface area contributed by atoms with E-state index in [0.29, 0.717) is 5.71 Å². The summed E-state index contributed by atoms with van der Waals surface area (Å²) in [6, 6.07) is 5.85. The number of ether oxygens (including phenoxy) is 1. The van der Waals surface area contributed by atoms with Gasteiger partial charge < -0.3 is 10.5 Å². The van der Waals surface area contributed by atoms with Crippen LogP contribution in [0.25, 0.3) is 0 Å². The third-order valence-electron chi connectivity index (χ3n) is 2.82. The fourth-order valence-corrected chi connectivity index (χ4v) is 1.77. The summed E-state index contributed by atoms with van der Waals surface area (Å²) in [7, 11) is 0. The highest BCUT2D eigenvalue weighted by atomic mass is 32.1. The Morgan fingerprint density at radius 2 is 2.04 bits per heavy atom. The number of hydrogen-bond acceptors (Lipinski definition) is 6. The van der Waals surface area contributed by atoms with Crippen molar-refractivity contribution in [2.75, 3.05) is 12.0 Å². The van der Waals surface area contributed by atoms with E-state index in [1.165, 1.54) is 0 Å². The van der Waals surface area contributed by atoms with Gasteiger partial charge in [0.15, 0.2) is 10.8 Å². The molecule has 0 aromatic heterocycles. The van der Waals surface area contributed by atoms with Crippen molar-refractivity contribution in [3.63, 3.8) is 0 Å². The molecule has 0 unspecified atom stereocenters. The molecule has 0 aliphatic heterocycles. The molecule has 0 aliphatic carbocycles. The smallest absolute Gasteiger partial charge is 0.360 e. The average molecular weight is 335 g/mol. The van der Waals surface area contributed by atoms with Gasteiger partial charge in [0.2, 0.25) is 0 Å². The number of aryl methyl sites for hydroxylation is 2. The van der Waals surface area contributed by atoms with E-state index in [1.54, 1.807) is 13.8 Å². The van der Waals surface area contributed by atoms with Gasteiger partial charge >= 0.3 is 5.97 Å². The SMILES string of the molecule is CCOC(=O)C(=N\Nc1ccc(C)cc1C)/C(C)=N/NC(N)=S. The lowest BCUT2D eigenvalue weighted by atomic mass is 10.1. The van der Waals surface area contributed by atoms with Crippen LogP contribution in [0.3, 0.4) is 0 Å². The van der Waals surface area contributed by atoms with E-state index in [9.17, 15) is 4.79 Å². The molecule has 0 saturated heterocycles. The molecule has 124 valence electrons. The normalized spacial score (nSPS) is 11.8. The Balaban J connectivity index is 3.05. The summed E-state index contributed by atoms with van der Waals surface area (Å²) in [6.07, 6.45) is 0. The molecule has 0 spiro atoms. The third kappa shape index (κ3) is 6.03. The molecule has 0 saturated carbocycles. The van der Waals surface area contributed by atoms with Crippen LogP contribution < -0.4 is 16.6 Å². The van der Waals surface area contributed by atoms with Gasteiger partial charge in [0.25, 0.3) is 0 Å². The van der Waals surface area contributed by atoms with Crippen molar-refractivity contribution in [2.45, 2.75) is 27.7 Å². The molecule has 0 amide bonds. The van der Waals surface area contributed by atoms with Crippen molar-refractivity contribution in [3.05, 3.63) is 29.3 Å². The van der Waals surface area contributed by atoms with Crippen molar-refractivity contribution in [1.29, 1.82) is 0 Å². The van der Waals surface area contributed by atoms with Gasteiger partial charge in [-0.3, -0.25) is 10.9 Å². The number of benzene rings is 1. The lowest BCUT2D eigenvalue weighted by molar-refractivity contribution is -0.134. The molecule has 1 aromatic rings. The minimum atomic E-state index is -0.587. The van der Waals surface area contributed by atoms with E-state index in [0.717, 1.165) is 16.8 Å². The number of carbonyl (C=O) groups is 1. The second-order valence-electron chi connectivity index (χ2n) is 4.78. The standard InChI is InChI=1S/C15H21N5O2S/c1-5-22-14(21)13(11(4)17-20-15(16)23)19-18-12-7-6-9(2)8-10(12)3/h6-8,18H,5H2,1-4H3,(H3,16,20,23)/b17-11+,19-13-. The largest absolute Gasteiger partial charge is 0.461 e. The minimum absolute atomic E-state index is 0.00472. The third-order valence-corrected chi connectivity index (χ3v) is 2.91. The van der Waals surface area contributed by atoms with Crippen molar-refractivity contribution in [2.24, 2.45) is 15.9 Å². The van der Waals surface area contributed by atoms with E-state index >= 15 is 0 Å². The van der Waals surface area contributed by atoms with Crippen molar-refractivity contribution >= 4 is 40.4 Å². The molecule has 0 heterocycles. The number of thiocarbonyl (C=S) groups is 1. The predicted molar refractivity (Wildman–Crippen MR) is 96.6 cm³/mol. The Morgan fingerprint density at radius 3 is 2.61 bits per heavy atom. The molecule has 0 atom stereocenters. The topological polar surface area (TPSA) is 101 Å². The van der Waals surface area contributed by atoms with Crippen LogP contribution in [-0.4, -0.2) is 29.1 Å². The number of rotatable bonds is 6. The van der Waals surface area contributed by atoms with Crippen LogP contribution in [0.15, 0.2) is 28.4 Å². The first kappa shape index (κ1) is 18.6. The van der Waals surface area contributed by atoms with Gasteiger partial charge in [-0.15, -0.1) is 0 Å². The zero-order chi connectivity index (χ0) is 17.4. The molecule has 4 N–H and O–H groups in total. The van der Waals surface area contributed by atoms with Crippen molar-refractivity contribution in [3.8, 4) is 0 Å². The Kier molecular flexibility index (Phi) is 7.14. The summed E-state index contributed by atoms with van der Waals surface area (Å²) in [5, 5.41) is 8.02. The molecule has 0 radical (unpaired) electrons. The Labute approximate surface area is 141 Å². The minimum Gasteiger partial charge on any atom is -0.461 e. The molecule has 1 rings (SSSR count). The number of anilines is 1. The number of nitrogens with one attached hydrogen (secondary N) is 2. The van der Waals surface area contributed by atoms with E-state index in [-0.39, 0.29) is 17.4 Å².